The number of allylic oxidation sites excluding steroid dienone is 1. The van der Waals surface area contributed by atoms with Crippen molar-refractivity contribution in [1.29, 1.82) is 0 Å². The van der Waals surface area contributed by atoms with Crippen molar-refractivity contribution in [3.05, 3.63) is 11.6 Å². The van der Waals surface area contributed by atoms with Crippen LogP contribution in [-0.2, 0) is 9.59 Å². The lowest BCUT2D eigenvalue weighted by Crippen LogP contribution is -2.67. The summed E-state index contributed by atoms with van der Waals surface area (Å²) in [6.07, 6.45) is 6.44. The first-order valence-corrected chi connectivity index (χ1v) is 11.0. The van der Waals surface area contributed by atoms with Crippen LogP contribution in [0.3, 0.4) is 0 Å². The second-order valence-corrected chi connectivity index (χ2v) is 11.3. The van der Waals surface area contributed by atoms with Gasteiger partial charge in [-0.15, -0.1) is 0 Å². The third kappa shape index (κ3) is 2.15. The van der Waals surface area contributed by atoms with Gasteiger partial charge < -0.3 is 5.11 Å². The van der Waals surface area contributed by atoms with Crippen LogP contribution in [0.5, 0.6) is 0 Å². The normalized spacial score (nSPS) is 53.4. The van der Waals surface area contributed by atoms with E-state index in [0.29, 0.717) is 30.6 Å². The maximum absolute atomic E-state index is 12.3. The summed E-state index contributed by atoms with van der Waals surface area (Å²) < 4.78 is -0.394. The first-order chi connectivity index (χ1) is 12.1. The Bertz CT molecular complexity index is 700. The van der Waals surface area contributed by atoms with Crippen molar-refractivity contribution in [2.45, 2.75) is 76.6 Å². The largest absolute Gasteiger partial charge is 0.392 e. The fourth-order valence-electron chi connectivity index (χ4n) is 7.63. The number of aliphatic hydroxyl groups excluding tert-OH is 1. The highest BCUT2D eigenvalue weighted by Crippen LogP contribution is 2.71. The number of aliphatic hydroxyl groups is 1. The molecule has 4 aliphatic carbocycles. The summed E-state index contributed by atoms with van der Waals surface area (Å²) in [5.41, 5.74) is 0.929. The van der Waals surface area contributed by atoms with Crippen LogP contribution in [-0.4, -0.2) is 27.1 Å². The number of hydrogen-bond donors (Lipinski definition) is 1. The van der Waals surface area contributed by atoms with Gasteiger partial charge >= 0.3 is 0 Å². The molecule has 0 aromatic rings. The highest BCUT2D eigenvalue weighted by Gasteiger charge is 2.70. The average Bonchev–Trinajstić information content (AvgIpc) is 2.89. The van der Waals surface area contributed by atoms with Crippen LogP contribution < -0.4 is 0 Å². The Labute approximate surface area is 165 Å². The van der Waals surface area contributed by atoms with E-state index in [1.54, 1.807) is 6.92 Å². The minimum atomic E-state index is -0.497. The third-order valence-electron chi connectivity index (χ3n) is 8.85. The molecule has 26 heavy (non-hydrogen) atoms. The minimum absolute atomic E-state index is 0.0761. The van der Waals surface area contributed by atoms with Gasteiger partial charge in [0, 0.05) is 17.8 Å². The number of carbonyl (C=O) groups is 2. The SMILES string of the molecule is CC(=O)[C@H]1CC[C@H]2[C@@H]3C[C@H](C)C4=CC(=O)CC[C@]4(C)[C@@]3(Br)[C@@H](O)C[C@]12C. The summed E-state index contributed by atoms with van der Waals surface area (Å²) in [7, 11) is 0. The molecule has 4 aliphatic rings. The molecule has 3 nitrogen and oxygen atoms in total. The second-order valence-electron chi connectivity index (χ2n) is 9.98. The summed E-state index contributed by atoms with van der Waals surface area (Å²) in [4.78, 5) is 24.4. The summed E-state index contributed by atoms with van der Waals surface area (Å²) in [5, 5.41) is 11.5. The molecule has 0 aromatic carbocycles. The van der Waals surface area contributed by atoms with Crippen molar-refractivity contribution in [3.63, 3.8) is 0 Å². The molecule has 0 heterocycles. The Hall–Kier alpha value is -0.480. The molecule has 4 heteroatoms. The lowest BCUT2D eigenvalue weighted by atomic mass is 9.44. The van der Waals surface area contributed by atoms with Gasteiger partial charge in [0.05, 0.1) is 10.4 Å². The lowest BCUT2D eigenvalue weighted by molar-refractivity contribution is -0.136. The van der Waals surface area contributed by atoms with Crippen molar-refractivity contribution in [2.75, 3.05) is 0 Å². The van der Waals surface area contributed by atoms with Gasteiger partial charge in [-0.25, -0.2) is 0 Å². The Kier molecular flexibility index (Phi) is 4.18. The van der Waals surface area contributed by atoms with Gasteiger partial charge in [0.15, 0.2) is 5.78 Å². The number of alkyl halides is 1. The fourth-order valence-corrected chi connectivity index (χ4v) is 8.73. The molecule has 3 saturated carbocycles. The van der Waals surface area contributed by atoms with Crippen LogP contribution >= 0.6 is 15.9 Å². The third-order valence-corrected chi connectivity index (χ3v) is 10.8. The van der Waals surface area contributed by atoms with Crippen LogP contribution in [0.1, 0.15) is 66.2 Å². The van der Waals surface area contributed by atoms with Crippen LogP contribution in [0, 0.1) is 34.5 Å². The minimum Gasteiger partial charge on any atom is -0.392 e. The molecule has 0 saturated heterocycles. The van der Waals surface area contributed by atoms with Gasteiger partial charge in [-0.3, -0.25) is 9.59 Å². The number of Topliss-reactive ketones (excluding diaryl/α,β-unsaturated/α-hetero) is 1. The number of carbonyl (C=O) groups excluding carboxylic acids is 2. The van der Waals surface area contributed by atoms with E-state index in [2.05, 4.69) is 36.7 Å². The number of rotatable bonds is 1. The van der Waals surface area contributed by atoms with Gasteiger partial charge in [-0.2, -0.15) is 0 Å². The van der Waals surface area contributed by atoms with Crippen molar-refractivity contribution in [2.24, 2.45) is 34.5 Å². The maximum Gasteiger partial charge on any atom is 0.155 e. The second kappa shape index (κ2) is 5.76. The molecule has 1 N–H and O–H groups in total. The van der Waals surface area contributed by atoms with Gasteiger partial charge in [-0.1, -0.05) is 42.3 Å². The summed E-state index contributed by atoms with van der Waals surface area (Å²) in [6, 6.07) is 0. The van der Waals surface area contributed by atoms with Crippen LogP contribution in [0.15, 0.2) is 11.6 Å². The molecule has 4 rings (SSSR count). The molecule has 0 amide bonds. The van der Waals surface area contributed by atoms with Crippen molar-refractivity contribution >= 4 is 27.5 Å². The van der Waals surface area contributed by atoms with Crippen molar-refractivity contribution in [1.82, 2.24) is 0 Å². The predicted molar refractivity (Wildman–Crippen MR) is 105 cm³/mol. The molecule has 0 aromatic heterocycles. The number of fused-ring (bicyclic) bond motifs is 5. The van der Waals surface area contributed by atoms with Crippen molar-refractivity contribution in [3.8, 4) is 0 Å². The zero-order valence-electron chi connectivity index (χ0n) is 16.3. The summed E-state index contributed by atoms with van der Waals surface area (Å²) in [6.45, 7) is 8.46. The molecular weight excluding hydrogens is 392 g/mol. The molecule has 0 bridgehead atoms. The Balaban J connectivity index is 1.83. The van der Waals surface area contributed by atoms with Crippen LogP contribution in [0.2, 0.25) is 0 Å². The van der Waals surface area contributed by atoms with Crippen LogP contribution in [0.4, 0.5) is 0 Å². The quantitative estimate of drug-likeness (QED) is 0.634. The highest BCUT2D eigenvalue weighted by atomic mass is 79.9. The number of halogens is 1. The molecule has 8 atom stereocenters. The maximum atomic E-state index is 12.3. The molecule has 0 spiro atoms. The number of hydrogen-bond acceptors (Lipinski definition) is 3. The van der Waals surface area contributed by atoms with Gasteiger partial charge in [-0.05, 0) is 68.3 Å². The first kappa shape index (κ1) is 18.9. The summed E-state index contributed by atoms with van der Waals surface area (Å²) in [5.74, 6) is 1.73. The van der Waals surface area contributed by atoms with Crippen LogP contribution in [0.25, 0.3) is 0 Å². The lowest BCUT2D eigenvalue weighted by Gasteiger charge is -2.65. The zero-order valence-corrected chi connectivity index (χ0v) is 17.9. The van der Waals surface area contributed by atoms with Gasteiger partial charge in [0.2, 0.25) is 0 Å². The topological polar surface area (TPSA) is 54.4 Å². The molecular formula is C22H31BrO3. The molecule has 144 valence electrons. The molecule has 0 radical (unpaired) electrons. The van der Waals surface area contributed by atoms with Gasteiger partial charge in [0.25, 0.3) is 0 Å². The molecule has 0 aliphatic heterocycles. The van der Waals surface area contributed by atoms with Gasteiger partial charge in [0.1, 0.15) is 5.78 Å². The van der Waals surface area contributed by atoms with E-state index < -0.39 is 10.4 Å². The fraction of sp³-hybridized carbons (Fsp3) is 0.818. The van der Waals surface area contributed by atoms with E-state index in [4.69, 9.17) is 0 Å². The Morgan fingerprint density at radius 1 is 1.27 bits per heavy atom. The monoisotopic (exact) mass is 422 g/mol. The van der Waals surface area contributed by atoms with E-state index in [-0.39, 0.29) is 28.3 Å². The Morgan fingerprint density at radius 3 is 2.62 bits per heavy atom. The predicted octanol–water partition coefficient (Wildman–Crippen LogP) is 4.46. The standard InChI is InChI=1S/C22H31BrO3/c1-12-9-18-16-6-5-15(13(2)24)20(16,3)11-19(26)22(18,23)21(4)8-7-14(25)10-17(12)21/h10,12,15-16,18-19,26H,5-9,11H2,1-4H3/t12-,15+,16-,18-,19-,20+,21-,22-/m0/s1. The Morgan fingerprint density at radius 2 is 1.96 bits per heavy atom. The average molecular weight is 423 g/mol. The smallest absolute Gasteiger partial charge is 0.155 e. The summed E-state index contributed by atoms with van der Waals surface area (Å²) >= 11 is 4.11. The number of ketones is 2. The highest BCUT2D eigenvalue weighted by molar-refractivity contribution is 9.10. The molecule has 3 fully saturated rings. The van der Waals surface area contributed by atoms with Crippen molar-refractivity contribution < 1.29 is 14.7 Å². The zero-order chi connectivity index (χ0) is 19.1. The van der Waals surface area contributed by atoms with E-state index in [0.717, 1.165) is 25.7 Å². The van der Waals surface area contributed by atoms with E-state index in [1.807, 2.05) is 6.08 Å². The van der Waals surface area contributed by atoms with E-state index in [9.17, 15) is 14.7 Å². The molecule has 0 unspecified atom stereocenters. The first-order valence-electron chi connectivity index (χ1n) is 10.2. The van der Waals surface area contributed by atoms with E-state index in [1.165, 1.54) is 5.57 Å². The van der Waals surface area contributed by atoms with E-state index >= 15 is 0 Å².